The Morgan fingerprint density at radius 1 is 1.06 bits per heavy atom. The number of anilines is 1. The summed E-state index contributed by atoms with van der Waals surface area (Å²) in [4.78, 5) is 19.5. The van der Waals surface area contributed by atoms with E-state index in [1.165, 1.54) is 38.5 Å². The van der Waals surface area contributed by atoms with Crippen molar-refractivity contribution in [3.05, 3.63) is 63.6 Å². The Morgan fingerprint density at radius 2 is 1.72 bits per heavy atom. The minimum absolute atomic E-state index is 0.173. The molecule has 0 bridgehead atoms. The number of hydrogen-bond acceptors (Lipinski definition) is 2. The Hall–Kier alpha value is -2.24. The zero-order chi connectivity index (χ0) is 25.7. The molecule has 1 heterocycles. The molecule has 3 unspecified atom stereocenters. The SMILES string of the molecule is CC1CC(C)CN(/C(=N\C2CCCCC2)Nc2ccc(C(CC(N)=O)c3ccc(Cl)cc3Cl)cc2)C1. The van der Waals surface area contributed by atoms with E-state index in [4.69, 9.17) is 33.9 Å². The summed E-state index contributed by atoms with van der Waals surface area (Å²) in [5.74, 6) is 1.67. The lowest BCUT2D eigenvalue weighted by Crippen LogP contribution is -2.46. The molecule has 1 aliphatic heterocycles. The number of piperidine rings is 1. The highest BCUT2D eigenvalue weighted by atomic mass is 35.5. The van der Waals surface area contributed by atoms with Gasteiger partial charge in [0, 0.05) is 41.2 Å². The predicted octanol–water partition coefficient (Wildman–Crippen LogP) is 7.08. The zero-order valence-electron chi connectivity index (χ0n) is 21.4. The summed E-state index contributed by atoms with van der Waals surface area (Å²) < 4.78 is 0. The van der Waals surface area contributed by atoms with Gasteiger partial charge in [0.25, 0.3) is 0 Å². The fraction of sp³-hybridized carbons (Fsp3) is 0.517. The van der Waals surface area contributed by atoms with Crippen LogP contribution in [-0.4, -0.2) is 35.9 Å². The summed E-state index contributed by atoms with van der Waals surface area (Å²) in [6.45, 7) is 6.71. The van der Waals surface area contributed by atoms with Gasteiger partial charge in [-0.3, -0.25) is 4.79 Å². The molecule has 0 aromatic heterocycles. The molecule has 0 radical (unpaired) electrons. The van der Waals surface area contributed by atoms with Crippen LogP contribution in [0.15, 0.2) is 47.5 Å². The van der Waals surface area contributed by atoms with E-state index < -0.39 is 0 Å². The lowest BCUT2D eigenvalue weighted by atomic mass is 9.88. The van der Waals surface area contributed by atoms with E-state index in [1.807, 2.05) is 18.2 Å². The number of likely N-dealkylation sites (tertiary alicyclic amines) is 1. The summed E-state index contributed by atoms with van der Waals surface area (Å²) in [6.07, 6.45) is 7.61. The molecule has 2 aromatic rings. The predicted molar refractivity (Wildman–Crippen MR) is 151 cm³/mol. The number of benzene rings is 2. The normalized spacial score (nSPS) is 22.3. The molecule has 3 N–H and O–H groups in total. The van der Waals surface area contributed by atoms with Crippen molar-refractivity contribution in [1.82, 2.24) is 4.90 Å². The number of aliphatic imine (C=N–C) groups is 1. The fourth-order valence-corrected chi connectivity index (χ4v) is 6.27. The van der Waals surface area contributed by atoms with Crippen LogP contribution in [0.4, 0.5) is 5.69 Å². The van der Waals surface area contributed by atoms with Crippen LogP contribution in [0.2, 0.25) is 10.0 Å². The summed E-state index contributed by atoms with van der Waals surface area (Å²) in [5.41, 5.74) is 8.41. The van der Waals surface area contributed by atoms with Gasteiger partial charge in [0.2, 0.25) is 5.91 Å². The van der Waals surface area contributed by atoms with Crippen molar-refractivity contribution in [2.24, 2.45) is 22.6 Å². The van der Waals surface area contributed by atoms with Gasteiger partial charge in [-0.1, -0.05) is 74.5 Å². The molecular formula is C29H38Cl2N4O. The van der Waals surface area contributed by atoms with Crippen LogP contribution in [0, 0.1) is 11.8 Å². The first-order chi connectivity index (χ1) is 17.3. The third-order valence-electron chi connectivity index (χ3n) is 7.36. The maximum Gasteiger partial charge on any atom is 0.218 e. The number of carbonyl (C=O) groups is 1. The third kappa shape index (κ3) is 7.17. The monoisotopic (exact) mass is 528 g/mol. The van der Waals surface area contributed by atoms with E-state index in [0.29, 0.717) is 27.9 Å². The second-order valence-electron chi connectivity index (χ2n) is 10.7. The fourth-order valence-electron chi connectivity index (χ4n) is 5.73. The highest BCUT2D eigenvalue weighted by molar-refractivity contribution is 6.35. The van der Waals surface area contributed by atoms with Crippen LogP contribution in [0.1, 0.15) is 75.8 Å². The van der Waals surface area contributed by atoms with Crippen molar-refractivity contribution >= 4 is 40.8 Å². The first kappa shape index (κ1) is 26.8. The first-order valence-electron chi connectivity index (χ1n) is 13.2. The Labute approximate surface area is 225 Å². The summed E-state index contributed by atoms with van der Waals surface area (Å²) in [6, 6.07) is 14.0. The highest BCUT2D eigenvalue weighted by Crippen LogP contribution is 2.35. The number of guanidine groups is 1. The van der Waals surface area contributed by atoms with Gasteiger partial charge < -0.3 is 16.0 Å². The molecule has 0 spiro atoms. The van der Waals surface area contributed by atoms with Crippen LogP contribution < -0.4 is 11.1 Å². The second kappa shape index (κ2) is 12.3. The molecule has 4 rings (SSSR count). The summed E-state index contributed by atoms with van der Waals surface area (Å²) in [7, 11) is 0. The van der Waals surface area contributed by atoms with Crippen LogP contribution in [0.5, 0.6) is 0 Å². The summed E-state index contributed by atoms with van der Waals surface area (Å²) >= 11 is 12.6. The van der Waals surface area contributed by atoms with Gasteiger partial charge in [0.05, 0.1) is 6.04 Å². The lowest BCUT2D eigenvalue weighted by Gasteiger charge is -2.38. The van der Waals surface area contributed by atoms with Gasteiger partial charge in [-0.2, -0.15) is 0 Å². The molecule has 194 valence electrons. The quantitative estimate of drug-likeness (QED) is 0.310. The Bertz CT molecular complexity index is 1060. The number of nitrogens with zero attached hydrogens (tertiary/aromatic N) is 2. The minimum atomic E-state index is -0.372. The van der Waals surface area contributed by atoms with Crippen LogP contribution in [-0.2, 0) is 4.79 Å². The van der Waals surface area contributed by atoms with E-state index >= 15 is 0 Å². The van der Waals surface area contributed by atoms with Gasteiger partial charge in [0.15, 0.2) is 5.96 Å². The maximum absolute atomic E-state index is 11.9. The van der Waals surface area contributed by atoms with Crippen molar-refractivity contribution in [2.45, 2.75) is 70.8 Å². The average Bonchev–Trinajstić information content (AvgIpc) is 2.83. The molecule has 2 aliphatic rings. The Kier molecular flexibility index (Phi) is 9.19. The molecule has 36 heavy (non-hydrogen) atoms. The standard InChI is InChI=1S/C29H38Cl2N4O/c1-19-14-20(2)18-35(17-19)29(33-23-6-4-3-5-7-23)34-24-11-8-21(9-12-24)26(16-28(32)36)25-13-10-22(30)15-27(25)31/h8-13,15,19-20,23,26H,3-7,14,16-18H2,1-2H3,(H2,32,36)(H,33,34). The van der Waals surface area contributed by atoms with E-state index in [2.05, 4.69) is 36.2 Å². The van der Waals surface area contributed by atoms with E-state index in [9.17, 15) is 4.79 Å². The van der Waals surface area contributed by atoms with Gasteiger partial charge in [-0.25, -0.2) is 4.99 Å². The van der Waals surface area contributed by atoms with Gasteiger partial charge in [0.1, 0.15) is 0 Å². The molecule has 1 saturated carbocycles. The van der Waals surface area contributed by atoms with Gasteiger partial charge in [-0.15, -0.1) is 0 Å². The van der Waals surface area contributed by atoms with Crippen molar-refractivity contribution in [3.8, 4) is 0 Å². The van der Waals surface area contributed by atoms with E-state index in [-0.39, 0.29) is 18.2 Å². The zero-order valence-corrected chi connectivity index (χ0v) is 22.9. The molecule has 1 amide bonds. The number of halogens is 2. The lowest BCUT2D eigenvalue weighted by molar-refractivity contribution is -0.118. The van der Waals surface area contributed by atoms with Crippen molar-refractivity contribution < 1.29 is 4.79 Å². The molecular weight excluding hydrogens is 491 g/mol. The highest BCUT2D eigenvalue weighted by Gasteiger charge is 2.26. The van der Waals surface area contributed by atoms with Crippen molar-refractivity contribution in [2.75, 3.05) is 18.4 Å². The number of primary amides is 1. The number of nitrogens with two attached hydrogens (primary N) is 1. The molecule has 1 aliphatic carbocycles. The number of hydrogen-bond donors (Lipinski definition) is 2. The molecule has 2 fully saturated rings. The minimum Gasteiger partial charge on any atom is -0.370 e. The first-order valence-corrected chi connectivity index (χ1v) is 14.0. The smallest absolute Gasteiger partial charge is 0.218 e. The van der Waals surface area contributed by atoms with E-state index in [1.54, 1.807) is 12.1 Å². The molecule has 2 aromatic carbocycles. The van der Waals surface area contributed by atoms with Crippen LogP contribution in [0.25, 0.3) is 0 Å². The van der Waals surface area contributed by atoms with Crippen LogP contribution in [0.3, 0.4) is 0 Å². The number of nitrogens with one attached hydrogen (secondary N) is 1. The second-order valence-corrected chi connectivity index (χ2v) is 11.6. The molecule has 3 atom stereocenters. The molecule has 7 heteroatoms. The Morgan fingerprint density at radius 3 is 2.33 bits per heavy atom. The van der Waals surface area contributed by atoms with Crippen molar-refractivity contribution in [1.29, 1.82) is 0 Å². The number of rotatable bonds is 6. The van der Waals surface area contributed by atoms with E-state index in [0.717, 1.165) is 35.9 Å². The number of carbonyl (C=O) groups excluding carboxylic acids is 1. The van der Waals surface area contributed by atoms with Gasteiger partial charge >= 0.3 is 0 Å². The molecule has 5 nitrogen and oxygen atoms in total. The van der Waals surface area contributed by atoms with Gasteiger partial charge in [-0.05, 0) is 66.5 Å². The topological polar surface area (TPSA) is 70.7 Å². The average molecular weight is 530 g/mol. The number of amides is 1. The molecule has 1 saturated heterocycles. The third-order valence-corrected chi connectivity index (χ3v) is 7.92. The Balaban J connectivity index is 1.58. The van der Waals surface area contributed by atoms with Crippen LogP contribution >= 0.6 is 23.2 Å². The maximum atomic E-state index is 11.9. The largest absolute Gasteiger partial charge is 0.370 e. The summed E-state index contributed by atoms with van der Waals surface area (Å²) in [5, 5.41) is 4.74. The van der Waals surface area contributed by atoms with Crippen molar-refractivity contribution in [3.63, 3.8) is 0 Å².